The van der Waals surface area contributed by atoms with Crippen molar-refractivity contribution in [3.8, 4) is 0 Å². The van der Waals surface area contributed by atoms with E-state index >= 15 is 0 Å². The van der Waals surface area contributed by atoms with E-state index in [9.17, 15) is 0 Å². The lowest BCUT2D eigenvalue weighted by atomic mass is 10.1. The van der Waals surface area contributed by atoms with Crippen molar-refractivity contribution in [1.82, 2.24) is 19.3 Å². The summed E-state index contributed by atoms with van der Waals surface area (Å²) in [5.41, 5.74) is 1.60. The first-order chi connectivity index (χ1) is 11.2. The van der Waals surface area contributed by atoms with Crippen LogP contribution < -0.4 is 5.32 Å². The number of pyridine rings is 1. The lowest BCUT2D eigenvalue weighted by Gasteiger charge is -2.31. The van der Waals surface area contributed by atoms with E-state index in [1.54, 1.807) is 0 Å². The van der Waals surface area contributed by atoms with Crippen LogP contribution in [0.4, 0.5) is 5.95 Å². The van der Waals surface area contributed by atoms with Gasteiger partial charge in [-0.25, -0.2) is 15.0 Å². The largest absolute Gasteiger partial charge is 0.351 e. The van der Waals surface area contributed by atoms with Gasteiger partial charge in [-0.3, -0.25) is 4.31 Å². The molecule has 3 heterocycles. The summed E-state index contributed by atoms with van der Waals surface area (Å²) in [5.74, 6) is 0.651. The molecule has 0 radical (unpaired) electrons. The van der Waals surface area contributed by atoms with Crippen LogP contribution in [0, 0.1) is 6.92 Å². The molecule has 23 heavy (non-hydrogen) atoms. The van der Waals surface area contributed by atoms with Gasteiger partial charge in [0.2, 0.25) is 5.95 Å². The molecule has 0 spiro atoms. The minimum Gasteiger partial charge on any atom is -0.351 e. The number of rotatable bonds is 4. The summed E-state index contributed by atoms with van der Waals surface area (Å²) in [6.07, 6.45) is 6.86. The first-order valence-corrected chi connectivity index (χ1v) is 9.37. The number of anilines is 1. The van der Waals surface area contributed by atoms with Crippen molar-refractivity contribution in [2.75, 3.05) is 18.4 Å². The highest BCUT2D eigenvalue weighted by Gasteiger charge is 2.28. The monoisotopic (exact) mass is 349 g/mol. The molecule has 0 unspecified atom stereocenters. The normalized spacial score (nSPS) is 20.1. The van der Waals surface area contributed by atoms with E-state index in [1.807, 2.05) is 31.1 Å². The molecule has 2 fully saturated rings. The van der Waals surface area contributed by atoms with Crippen LogP contribution in [0.3, 0.4) is 0 Å². The quantitative estimate of drug-likeness (QED) is 0.671. The molecule has 0 amide bonds. The number of hydrogen-bond donors (Lipinski definition) is 1. The number of nitrogens with one attached hydrogen (secondary N) is 1. The minimum atomic E-state index is 0.431. The molecule has 122 valence electrons. The number of piperidine rings is 1. The molecule has 1 aliphatic heterocycles. The van der Waals surface area contributed by atoms with Crippen molar-refractivity contribution >= 4 is 40.4 Å². The van der Waals surface area contributed by atoms with Crippen molar-refractivity contribution < 1.29 is 0 Å². The SMILES string of the molecule is Cc1cc2cnc(NC3CCN(SC4CC4)CC3)nc2c(Cl)n1. The van der Waals surface area contributed by atoms with E-state index in [4.69, 9.17) is 11.6 Å². The van der Waals surface area contributed by atoms with Crippen LogP contribution in [0.25, 0.3) is 10.9 Å². The second kappa shape index (κ2) is 6.42. The second-order valence-corrected chi connectivity index (χ2v) is 8.09. The van der Waals surface area contributed by atoms with Crippen LogP contribution >= 0.6 is 23.5 Å². The number of halogens is 1. The van der Waals surface area contributed by atoms with E-state index in [0.29, 0.717) is 17.1 Å². The molecule has 1 aliphatic carbocycles. The van der Waals surface area contributed by atoms with E-state index < -0.39 is 0 Å². The van der Waals surface area contributed by atoms with Crippen molar-refractivity contribution in [3.63, 3.8) is 0 Å². The topological polar surface area (TPSA) is 53.9 Å². The zero-order chi connectivity index (χ0) is 15.8. The molecule has 1 saturated heterocycles. The second-order valence-electron chi connectivity index (χ2n) is 6.34. The van der Waals surface area contributed by atoms with Gasteiger partial charge in [-0.1, -0.05) is 23.5 Å². The molecule has 2 aliphatic rings. The Hall–Kier alpha value is -1.11. The fourth-order valence-electron chi connectivity index (χ4n) is 2.87. The lowest BCUT2D eigenvalue weighted by Crippen LogP contribution is -2.36. The van der Waals surface area contributed by atoms with Crippen LogP contribution in [0.15, 0.2) is 12.3 Å². The molecule has 0 aromatic carbocycles. The summed E-state index contributed by atoms with van der Waals surface area (Å²) < 4.78 is 2.51. The number of hydrogen-bond acceptors (Lipinski definition) is 6. The zero-order valence-corrected chi connectivity index (χ0v) is 14.7. The van der Waals surface area contributed by atoms with Crippen molar-refractivity contribution in [2.24, 2.45) is 0 Å². The van der Waals surface area contributed by atoms with Gasteiger partial charge in [0.15, 0.2) is 5.15 Å². The molecule has 1 N–H and O–H groups in total. The van der Waals surface area contributed by atoms with Gasteiger partial charge in [0, 0.05) is 41.7 Å². The third-order valence-corrected chi connectivity index (χ3v) is 5.96. The molecule has 0 atom stereocenters. The Bertz CT molecular complexity index is 713. The predicted octanol–water partition coefficient (Wildman–Crippen LogP) is 3.67. The summed E-state index contributed by atoms with van der Waals surface area (Å²) in [4.78, 5) is 13.3. The number of nitrogens with zero attached hydrogens (tertiary/aromatic N) is 4. The van der Waals surface area contributed by atoms with Gasteiger partial charge in [0.1, 0.15) is 5.52 Å². The fourth-order valence-corrected chi connectivity index (χ4v) is 4.34. The van der Waals surface area contributed by atoms with Gasteiger partial charge in [0.25, 0.3) is 0 Å². The smallest absolute Gasteiger partial charge is 0.223 e. The first kappa shape index (κ1) is 15.4. The first-order valence-electron chi connectivity index (χ1n) is 8.15. The Morgan fingerprint density at radius 2 is 2.00 bits per heavy atom. The average molecular weight is 350 g/mol. The molecule has 2 aromatic rings. The predicted molar refractivity (Wildman–Crippen MR) is 95.9 cm³/mol. The molecule has 0 bridgehead atoms. The van der Waals surface area contributed by atoms with Crippen molar-refractivity contribution in [2.45, 2.75) is 43.9 Å². The lowest BCUT2D eigenvalue weighted by molar-refractivity contribution is 0.357. The molecule has 7 heteroatoms. The summed E-state index contributed by atoms with van der Waals surface area (Å²) in [5, 5.41) is 5.73. The number of aromatic nitrogens is 3. The van der Waals surface area contributed by atoms with Gasteiger partial charge in [0.05, 0.1) is 0 Å². The Balaban J connectivity index is 1.41. The Morgan fingerprint density at radius 3 is 2.74 bits per heavy atom. The van der Waals surface area contributed by atoms with E-state index in [0.717, 1.165) is 47.8 Å². The Morgan fingerprint density at radius 1 is 1.22 bits per heavy atom. The van der Waals surface area contributed by atoms with Gasteiger partial charge in [-0.15, -0.1) is 0 Å². The summed E-state index contributed by atoms with van der Waals surface area (Å²) in [6.45, 7) is 4.19. The Labute approximate surface area is 145 Å². The third-order valence-electron chi connectivity index (χ3n) is 4.26. The fraction of sp³-hybridized carbons (Fsp3) is 0.562. The van der Waals surface area contributed by atoms with E-state index in [2.05, 4.69) is 24.6 Å². The maximum atomic E-state index is 6.21. The Kier molecular flexibility index (Phi) is 4.30. The molecular formula is C16H20ClN5S. The van der Waals surface area contributed by atoms with Crippen LogP contribution in [-0.2, 0) is 0 Å². The van der Waals surface area contributed by atoms with Crippen LogP contribution in [0.5, 0.6) is 0 Å². The third kappa shape index (κ3) is 3.70. The van der Waals surface area contributed by atoms with Gasteiger partial charge in [-0.05, 0) is 38.7 Å². The van der Waals surface area contributed by atoms with E-state index in [1.165, 1.54) is 12.8 Å². The molecule has 4 rings (SSSR count). The minimum absolute atomic E-state index is 0.431. The van der Waals surface area contributed by atoms with Gasteiger partial charge < -0.3 is 5.32 Å². The maximum absolute atomic E-state index is 6.21. The number of aryl methyl sites for hydroxylation is 1. The highest BCUT2D eigenvalue weighted by atomic mass is 35.5. The molecule has 5 nitrogen and oxygen atoms in total. The molecule has 2 aromatic heterocycles. The summed E-state index contributed by atoms with van der Waals surface area (Å²) in [7, 11) is 0. The molecule has 1 saturated carbocycles. The highest BCUT2D eigenvalue weighted by molar-refractivity contribution is 7.97. The summed E-state index contributed by atoms with van der Waals surface area (Å²) in [6, 6.07) is 2.39. The maximum Gasteiger partial charge on any atom is 0.223 e. The standard InChI is InChI=1S/C16H20ClN5S/c1-10-8-11-9-18-16(21-14(11)15(17)19-10)20-12-4-6-22(7-5-12)23-13-2-3-13/h8-9,12-13H,2-7H2,1H3,(H,18,20,21). The highest BCUT2D eigenvalue weighted by Crippen LogP contribution is 2.37. The molecular weight excluding hydrogens is 330 g/mol. The van der Waals surface area contributed by atoms with Gasteiger partial charge in [-0.2, -0.15) is 0 Å². The number of fused-ring (bicyclic) bond motifs is 1. The van der Waals surface area contributed by atoms with E-state index in [-0.39, 0.29) is 0 Å². The van der Waals surface area contributed by atoms with Crippen LogP contribution in [0.1, 0.15) is 31.4 Å². The van der Waals surface area contributed by atoms with Crippen LogP contribution in [0.2, 0.25) is 5.15 Å². The average Bonchev–Trinajstić information content (AvgIpc) is 3.34. The zero-order valence-electron chi connectivity index (χ0n) is 13.1. The van der Waals surface area contributed by atoms with Gasteiger partial charge >= 0.3 is 0 Å². The van der Waals surface area contributed by atoms with Crippen molar-refractivity contribution in [1.29, 1.82) is 0 Å². The summed E-state index contributed by atoms with van der Waals surface area (Å²) >= 11 is 8.26. The van der Waals surface area contributed by atoms with Crippen molar-refractivity contribution in [3.05, 3.63) is 23.1 Å². The van der Waals surface area contributed by atoms with Crippen LogP contribution in [-0.4, -0.2) is 43.6 Å².